The van der Waals surface area contributed by atoms with Crippen molar-refractivity contribution in [1.29, 1.82) is 0 Å². The molecule has 9 nitrogen and oxygen atoms in total. The molecule has 2 aliphatic rings. The van der Waals surface area contributed by atoms with Gasteiger partial charge >= 0.3 is 0 Å². The second kappa shape index (κ2) is 11.5. The number of pyridine rings is 2. The summed E-state index contributed by atoms with van der Waals surface area (Å²) < 4.78 is 19.9. The van der Waals surface area contributed by atoms with Crippen LogP contribution in [0.15, 0.2) is 83.2 Å². The van der Waals surface area contributed by atoms with Crippen LogP contribution in [0.2, 0.25) is 5.02 Å². The van der Waals surface area contributed by atoms with Crippen LogP contribution in [-0.2, 0) is 4.74 Å². The number of aromatic nitrogens is 2. The number of likely N-dealkylation sites (N-methyl/N-ethyl adjacent to an activating group) is 1. The van der Waals surface area contributed by atoms with Gasteiger partial charge in [0.05, 0.1) is 48.2 Å². The van der Waals surface area contributed by atoms with Gasteiger partial charge in [-0.15, -0.1) is 0 Å². The van der Waals surface area contributed by atoms with Gasteiger partial charge in [0.25, 0.3) is 0 Å². The first-order chi connectivity index (χ1) is 18.1. The molecule has 190 valence electrons. The molecule has 11 heteroatoms. The molecule has 0 aliphatic carbocycles. The second-order valence-corrected chi connectivity index (χ2v) is 8.91. The summed E-state index contributed by atoms with van der Waals surface area (Å²) >= 11 is 6.49. The number of nitrogens with one attached hydrogen (secondary N) is 2. The first-order valence-corrected chi connectivity index (χ1v) is 12.2. The van der Waals surface area contributed by atoms with Crippen LogP contribution in [0.4, 0.5) is 15.8 Å². The van der Waals surface area contributed by atoms with Gasteiger partial charge in [-0.2, -0.15) is 5.10 Å². The molecular weight excluding hydrogens is 495 g/mol. The maximum Gasteiger partial charge on any atom is 0.220 e. The van der Waals surface area contributed by atoms with Crippen molar-refractivity contribution in [3.05, 3.63) is 83.8 Å². The maximum absolute atomic E-state index is 14.5. The molecule has 4 heterocycles. The van der Waals surface area contributed by atoms with Gasteiger partial charge in [0.2, 0.25) is 5.96 Å². The highest BCUT2D eigenvalue weighted by atomic mass is 35.5. The second-order valence-electron chi connectivity index (χ2n) is 8.50. The van der Waals surface area contributed by atoms with Crippen LogP contribution < -0.4 is 10.7 Å². The zero-order chi connectivity index (χ0) is 25.6. The van der Waals surface area contributed by atoms with E-state index in [4.69, 9.17) is 16.3 Å². The van der Waals surface area contributed by atoms with E-state index in [0.717, 1.165) is 22.5 Å². The highest BCUT2D eigenvalue weighted by molar-refractivity contribution is 6.33. The van der Waals surface area contributed by atoms with Crippen LogP contribution >= 0.6 is 11.6 Å². The molecule has 1 atom stereocenters. The molecule has 5 rings (SSSR count). The lowest BCUT2D eigenvalue weighted by atomic mass is 10.1. The van der Waals surface area contributed by atoms with E-state index < -0.39 is 6.17 Å². The number of benzene rings is 1. The quantitative estimate of drug-likeness (QED) is 0.371. The average molecular weight is 521 g/mol. The monoisotopic (exact) mass is 520 g/mol. The molecule has 37 heavy (non-hydrogen) atoms. The van der Waals surface area contributed by atoms with E-state index in [9.17, 15) is 4.39 Å². The third kappa shape index (κ3) is 5.93. The molecule has 2 aliphatic heterocycles. The predicted molar refractivity (Wildman–Crippen MR) is 144 cm³/mol. The molecule has 0 spiro atoms. The normalized spacial score (nSPS) is 18.5. The van der Waals surface area contributed by atoms with Gasteiger partial charge in [0.1, 0.15) is 6.17 Å². The zero-order valence-corrected chi connectivity index (χ0v) is 20.9. The number of hydrogen-bond acceptors (Lipinski definition) is 9. The molecule has 0 amide bonds. The molecular formula is C26H26ClFN8O. The molecule has 0 saturated carbocycles. The summed E-state index contributed by atoms with van der Waals surface area (Å²) in [5.41, 5.74) is 7.06. The average Bonchev–Trinajstić information content (AvgIpc) is 2.92. The first kappa shape index (κ1) is 24.8. The predicted octanol–water partition coefficient (Wildman–Crippen LogP) is 4.23. The van der Waals surface area contributed by atoms with Crippen LogP contribution in [-0.4, -0.2) is 71.5 Å². The Balaban J connectivity index is 1.18. The number of aliphatic imine (C=N–C) groups is 1. The summed E-state index contributed by atoms with van der Waals surface area (Å²) in [4.78, 5) is 16.5. The minimum absolute atomic E-state index is 0.309. The summed E-state index contributed by atoms with van der Waals surface area (Å²) in [7, 11) is 1.78. The summed E-state index contributed by atoms with van der Waals surface area (Å²) in [6.45, 7) is 2.46. The standard InChI is InChI=1S/C26H26ClFN8O/c1-35-25(36-9-11-37-12-10-36)24(28)17-31-26(35)34-32-16-20-4-5-21(15-30-20)33-19-6-7-22(23(27)13-19)18-3-2-8-29-14-18/h2-8,13-17,25,33H,9-12H2,1H3,(H,31,34)/b32-16+. The largest absolute Gasteiger partial charge is 0.379 e. The number of hydrogen-bond donors (Lipinski definition) is 2. The van der Waals surface area contributed by atoms with Crippen LogP contribution in [0.3, 0.4) is 0 Å². The van der Waals surface area contributed by atoms with Crippen molar-refractivity contribution in [3.63, 3.8) is 0 Å². The number of hydrazone groups is 1. The van der Waals surface area contributed by atoms with E-state index in [0.29, 0.717) is 43.0 Å². The molecule has 2 N–H and O–H groups in total. The Hall–Kier alpha value is -3.86. The lowest BCUT2D eigenvalue weighted by Crippen LogP contribution is -2.56. The molecule has 2 aromatic heterocycles. The van der Waals surface area contributed by atoms with Crippen molar-refractivity contribution >= 4 is 35.1 Å². The van der Waals surface area contributed by atoms with Gasteiger partial charge < -0.3 is 15.0 Å². The van der Waals surface area contributed by atoms with Gasteiger partial charge in [0, 0.05) is 49.3 Å². The van der Waals surface area contributed by atoms with Crippen molar-refractivity contribution < 1.29 is 9.13 Å². The summed E-state index contributed by atoms with van der Waals surface area (Å²) in [6.07, 6.45) is 7.50. The fourth-order valence-corrected chi connectivity index (χ4v) is 4.45. The number of morpholine rings is 1. The van der Waals surface area contributed by atoms with Crippen molar-refractivity contribution in [3.8, 4) is 11.1 Å². The molecule has 1 aromatic carbocycles. The first-order valence-electron chi connectivity index (χ1n) is 11.8. The number of nitrogens with zero attached hydrogens (tertiary/aromatic N) is 6. The molecule has 0 radical (unpaired) electrons. The fraction of sp³-hybridized carbons (Fsp3) is 0.231. The van der Waals surface area contributed by atoms with Crippen LogP contribution in [0.5, 0.6) is 0 Å². The minimum atomic E-state index is -0.533. The van der Waals surface area contributed by atoms with E-state index in [-0.39, 0.29) is 5.83 Å². The number of ether oxygens (including phenoxy) is 1. The number of anilines is 2. The van der Waals surface area contributed by atoms with Crippen molar-refractivity contribution in [2.45, 2.75) is 6.17 Å². The summed E-state index contributed by atoms with van der Waals surface area (Å²) in [5.74, 6) is 0.135. The van der Waals surface area contributed by atoms with Crippen LogP contribution in [0, 0.1) is 0 Å². The van der Waals surface area contributed by atoms with E-state index in [2.05, 4.69) is 30.8 Å². The molecule has 1 unspecified atom stereocenters. The number of rotatable bonds is 6. The van der Waals surface area contributed by atoms with E-state index in [1.165, 1.54) is 6.20 Å². The Bertz CT molecular complexity index is 1310. The van der Waals surface area contributed by atoms with E-state index >= 15 is 0 Å². The highest BCUT2D eigenvalue weighted by Gasteiger charge is 2.32. The Labute approximate surface area is 219 Å². The van der Waals surface area contributed by atoms with Gasteiger partial charge in [-0.25, -0.2) is 14.8 Å². The lowest BCUT2D eigenvalue weighted by molar-refractivity contribution is -0.00606. The summed E-state index contributed by atoms with van der Waals surface area (Å²) in [6, 6.07) is 13.4. The molecule has 1 fully saturated rings. The van der Waals surface area contributed by atoms with Crippen molar-refractivity contribution in [1.82, 2.24) is 25.2 Å². The third-order valence-electron chi connectivity index (χ3n) is 6.03. The number of halogens is 2. The Morgan fingerprint density at radius 1 is 1.14 bits per heavy atom. The van der Waals surface area contributed by atoms with Crippen LogP contribution in [0.25, 0.3) is 11.1 Å². The molecule has 0 bridgehead atoms. The van der Waals surface area contributed by atoms with Crippen LogP contribution in [0.1, 0.15) is 5.69 Å². The summed E-state index contributed by atoms with van der Waals surface area (Å²) in [5, 5.41) is 8.16. The van der Waals surface area contributed by atoms with Gasteiger partial charge in [-0.1, -0.05) is 23.7 Å². The Morgan fingerprint density at radius 3 is 2.70 bits per heavy atom. The highest BCUT2D eigenvalue weighted by Crippen LogP contribution is 2.30. The Kier molecular flexibility index (Phi) is 7.69. The van der Waals surface area contributed by atoms with Gasteiger partial charge in [0.15, 0.2) is 5.83 Å². The topological polar surface area (TPSA) is 90.3 Å². The molecule has 1 saturated heterocycles. The van der Waals surface area contributed by atoms with Crippen molar-refractivity contribution in [2.24, 2.45) is 10.1 Å². The fourth-order valence-electron chi connectivity index (χ4n) is 4.16. The van der Waals surface area contributed by atoms with Crippen molar-refractivity contribution in [2.75, 3.05) is 38.7 Å². The van der Waals surface area contributed by atoms with E-state index in [1.54, 1.807) is 36.8 Å². The SMILES string of the molecule is CN1C(N/N=C/c2ccc(Nc3ccc(-c4cccnc4)c(Cl)c3)cn2)=NC=C(F)C1N1CCOCC1. The van der Waals surface area contributed by atoms with Gasteiger partial charge in [-0.05, 0) is 30.3 Å². The van der Waals surface area contributed by atoms with Gasteiger partial charge in [-0.3, -0.25) is 14.9 Å². The van der Waals surface area contributed by atoms with E-state index in [1.807, 2.05) is 47.4 Å². The molecule has 3 aromatic rings. The smallest absolute Gasteiger partial charge is 0.220 e. The third-order valence-corrected chi connectivity index (χ3v) is 6.34. The number of guanidine groups is 1. The minimum Gasteiger partial charge on any atom is -0.379 e. The zero-order valence-electron chi connectivity index (χ0n) is 20.2. The Morgan fingerprint density at radius 2 is 1.97 bits per heavy atom. The maximum atomic E-state index is 14.5. The lowest BCUT2D eigenvalue weighted by Gasteiger charge is -2.40.